The van der Waals surface area contributed by atoms with E-state index in [0.29, 0.717) is 6.54 Å². The Bertz CT molecular complexity index is 104. The fourth-order valence-corrected chi connectivity index (χ4v) is 0.569. The SMILES string of the molecule is CC(C)=CCNC[C@H](C)O. The second-order valence-corrected chi connectivity index (χ2v) is 2.79. The maximum atomic E-state index is 8.83. The first-order valence-electron chi connectivity index (χ1n) is 3.65. The molecule has 10 heavy (non-hydrogen) atoms. The molecule has 0 saturated carbocycles. The molecule has 0 saturated heterocycles. The summed E-state index contributed by atoms with van der Waals surface area (Å²) in [4.78, 5) is 0. The zero-order valence-corrected chi connectivity index (χ0v) is 7.02. The van der Waals surface area contributed by atoms with Crippen molar-refractivity contribution in [3.63, 3.8) is 0 Å². The summed E-state index contributed by atoms with van der Waals surface area (Å²) >= 11 is 0. The van der Waals surface area contributed by atoms with Crippen molar-refractivity contribution >= 4 is 0 Å². The predicted molar refractivity (Wildman–Crippen MR) is 44.0 cm³/mol. The lowest BCUT2D eigenvalue weighted by atomic mass is 10.3. The molecule has 0 fully saturated rings. The molecule has 0 bridgehead atoms. The second-order valence-electron chi connectivity index (χ2n) is 2.79. The Balaban J connectivity index is 3.13. The third-order valence-corrected chi connectivity index (χ3v) is 1.09. The highest BCUT2D eigenvalue weighted by Crippen LogP contribution is 1.85. The van der Waals surface area contributed by atoms with E-state index in [9.17, 15) is 0 Å². The Morgan fingerprint density at radius 2 is 2.20 bits per heavy atom. The minimum Gasteiger partial charge on any atom is -0.392 e. The van der Waals surface area contributed by atoms with Crippen LogP contribution in [0.1, 0.15) is 20.8 Å². The van der Waals surface area contributed by atoms with Crippen LogP contribution in [0.4, 0.5) is 0 Å². The Hall–Kier alpha value is -0.340. The van der Waals surface area contributed by atoms with Gasteiger partial charge in [-0.15, -0.1) is 0 Å². The Morgan fingerprint density at radius 1 is 1.60 bits per heavy atom. The first-order valence-corrected chi connectivity index (χ1v) is 3.65. The normalized spacial score (nSPS) is 12.8. The van der Waals surface area contributed by atoms with E-state index in [1.54, 1.807) is 6.92 Å². The zero-order chi connectivity index (χ0) is 7.98. The molecule has 0 aromatic carbocycles. The van der Waals surface area contributed by atoms with E-state index in [4.69, 9.17) is 5.11 Å². The van der Waals surface area contributed by atoms with Gasteiger partial charge in [-0.05, 0) is 20.8 Å². The van der Waals surface area contributed by atoms with Gasteiger partial charge in [0, 0.05) is 13.1 Å². The average molecular weight is 143 g/mol. The Morgan fingerprint density at radius 3 is 2.60 bits per heavy atom. The number of aliphatic hydroxyl groups excluding tert-OH is 1. The fourth-order valence-electron chi connectivity index (χ4n) is 0.569. The molecule has 0 aliphatic carbocycles. The standard InChI is InChI=1S/C8H17NO/c1-7(2)4-5-9-6-8(3)10/h4,8-10H,5-6H2,1-3H3/t8-/m0/s1. The molecular weight excluding hydrogens is 126 g/mol. The number of hydrogen-bond acceptors (Lipinski definition) is 2. The van der Waals surface area contributed by atoms with E-state index in [1.165, 1.54) is 5.57 Å². The maximum Gasteiger partial charge on any atom is 0.0636 e. The van der Waals surface area contributed by atoms with Crippen molar-refractivity contribution in [2.75, 3.05) is 13.1 Å². The van der Waals surface area contributed by atoms with Gasteiger partial charge in [-0.25, -0.2) is 0 Å². The van der Waals surface area contributed by atoms with Gasteiger partial charge in [0.05, 0.1) is 6.10 Å². The highest BCUT2D eigenvalue weighted by Gasteiger charge is 1.90. The smallest absolute Gasteiger partial charge is 0.0636 e. The molecule has 0 spiro atoms. The van der Waals surface area contributed by atoms with Crippen molar-refractivity contribution in [3.05, 3.63) is 11.6 Å². The monoisotopic (exact) mass is 143 g/mol. The lowest BCUT2D eigenvalue weighted by Crippen LogP contribution is -2.24. The fraction of sp³-hybridized carbons (Fsp3) is 0.750. The van der Waals surface area contributed by atoms with Gasteiger partial charge in [-0.1, -0.05) is 11.6 Å². The zero-order valence-electron chi connectivity index (χ0n) is 7.02. The number of hydrogen-bond donors (Lipinski definition) is 2. The lowest BCUT2D eigenvalue weighted by Gasteiger charge is -2.03. The van der Waals surface area contributed by atoms with Crippen molar-refractivity contribution in [2.45, 2.75) is 26.9 Å². The van der Waals surface area contributed by atoms with Crippen LogP contribution in [0.15, 0.2) is 11.6 Å². The quantitative estimate of drug-likeness (QED) is 0.453. The average Bonchev–Trinajstić information content (AvgIpc) is 1.79. The number of rotatable bonds is 4. The minimum atomic E-state index is -0.245. The summed E-state index contributed by atoms with van der Waals surface area (Å²) in [5, 5.41) is 11.9. The highest BCUT2D eigenvalue weighted by molar-refractivity contribution is 4.94. The van der Waals surface area contributed by atoms with Crippen molar-refractivity contribution in [1.82, 2.24) is 5.32 Å². The molecule has 0 aliphatic rings. The lowest BCUT2D eigenvalue weighted by molar-refractivity contribution is 0.193. The van der Waals surface area contributed by atoms with Gasteiger partial charge >= 0.3 is 0 Å². The third kappa shape index (κ3) is 7.66. The first-order chi connectivity index (χ1) is 4.63. The summed E-state index contributed by atoms with van der Waals surface area (Å²) in [6, 6.07) is 0. The molecule has 2 N–H and O–H groups in total. The van der Waals surface area contributed by atoms with Gasteiger partial charge in [0.1, 0.15) is 0 Å². The molecule has 1 atom stereocenters. The van der Waals surface area contributed by atoms with E-state index < -0.39 is 0 Å². The van der Waals surface area contributed by atoms with E-state index in [2.05, 4.69) is 25.2 Å². The third-order valence-electron chi connectivity index (χ3n) is 1.09. The van der Waals surface area contributed by atoms with Crippen LogP contribution in [-0.2, 0) is 0 Å². The molecule has 2 nitrogen and oxygen atoms in total. The molecule has 0 aromatic rings. The molecule has 0 rings (SSSR count). The van der Waals surface area contributed by atoms with E-state index in [0.717, 1.165) is 6.54 Å². The molecular formula is C8H17NO. The molecule has 60 valence electrons. The van der Waals surface area contributed by atoms with Gasteiger partial charge in [-0.2, -0.15) is 0 Å². The summed E-state index contributed by atoms with van der Waals surface area (Å²) in [6.45, 7) is 7.42. The van der Waals surface area contributed by atoms with Crippen LogP contribution in [0.2, 0.25) is 0 Å². The number of nitrogens with one attached hydrogen (secondary N) is 1. The van der Waals surface area contributed by atoms with Crippen molar-refractivity contribution in [3.8, 4) is 0 Å². The molecule has 0 radical (unpaired) electrons. The van der Waals surface area contributed by atoms with Crippen molar-refractivity contribution in [1.29, 1.82) is 0 Å². The van der Waals surface area contributed by atoms with Gasteiger partial charge in [0.15, 0.2) is 0 Å². The van der Waals surface area contributed by atoms with E-state index >= 15 is 0 Å². The van der Waals surface area contributed by atoms with Crippen LogP contribution >= 0.6 is 0 Å². The maximum absolute atomic E-state index is 8.83. The van der Waals surface area contributed by atoms with Crippen LogP contribution < -0.4 is 5.32 Å². The molecule has 0 aromatic heterocycles. The molecule has 0 unspecified atom stereocenters. The van der Waals surface area contributed by atoms with Gasteiger partial charge in [0.25, 0.3) is 0 Å². The molecule has 0 aliphatic heterocycles. The van der Waals surface area contributed by atoms with Crippen molar-refractivity contribution < 1.29 is 5.11 Å². The van der Waals surface area contributed by atoms with Crippen LogP contribution in [0, 0.1) is 0 Å². The molecule has 2 heteroatoms. The predicted octanol–water partition coefficient (Wildman–Crippen LogP) is 0.923. The van der Waals surface area contributed by atoms with E-state index in [-0.39, 0.29) is 6.10 Å². The van der Waals surface area contributed by atoms with Crippen molar-refractivity contribution in [2.24, 2.45) is 0 Å². The summed E-state index contributed by atoms with van der Waals surface area (Å²) in [5.41, 5.74) is 1.30. The number of aliphatic hydroxyl groups is 1. The van der Waals surface area contributed by atoms with Crippen LogP contribution in [0.5, 0.6) is 0 Å². The van der Waals surface area contributed by atoms with Gasteiger partial charge < -0.3 is 10.4 Å². The van der Waals surface area contributed by atoms with Gasteiger partial charge in [-0.3, -0.25) is 0 Å². The second kappa shape index (κ2) is 5.45. The minimum absolute atomic E-state index is 0.245. The Kier molecular flexibility index (Phi) is 5.26. The summed E-state index contributed by atoms with van der Waals surface area (Å²) in [6.07, 6.45) is 1.85. The highest BCUT2D eigenvalue weighted by atomic mass is 16.3. The Labute approximate surface area is 62.9 Å². The van der Waals surface area contributed by atoms with E-state index in [1.807, 2.05) is 0 Å². The van der Waals surface area contributed by atoms with Crippen LogP contribution in [0.3, 0.4) is 0 Å². The van der Waals surface area contributed by atoms with Gasteiger partial charge in [0.2, 0.25) is 0 Å². The number of allylic oxidation sites excluding steroid dienone is 1. The van der Waals surface area contributed by atoms with Crippen LogP contribution in [-0.4, -0.2) is 24.3 Å². The molecule has 0 heterocycles. The summed E-state index contributed by atoms with van der Waals surface area (Å²) in [5.74, 6) is 0. The first kappa shape index (κ1) is 9.66. The summed E-state index contributed by atoms with van der Waals surface area (Å²) < 4.78 is 0. The largest absolute Gasteiger partial charge is 0.392 e. The molecule has 0 amide bonds. The summed E-state index contributed by atoms with van der Waals surface area (Å²) in [7, 11) is 0. The van der Waals surface area contributed by atoms with Crippen LogP contribution in [0.25, 0.3) is 0 Å². The topological polar surface area (TPSA) is 32.3 Å².